The zero-order chi connectivity index (χ0) is 59.2. The molecule has 6 nitrogen and oxygen atoms in total. The lowest BCUT2D eigenvalue weighted by molar-refractivity contribution is 0.668. The molecule has 14 aromatic carbocycles. The van der Waals surface area contributed by atoms with Crippen LogP contribution in [0.2, 0.25) is 0 Å². The highest BCUT2D eigenvalue weighted by molar-refractivity contribution is 7.43. The maximum Gasteiger partial charge on any atom is 0.135 e. The first-order chi connectivity index (χ1) is 45.1. The van der Waals surface area contributed by atoms with E-state index < -0.39 is 0 Å². The van der Waals surface area contributed by atoms with Crippen molar-refractivity contribution < 1.29 is 8.83 Å². The van der Waals surface area contributed by atoms with Crippen molar-refractivity contribution in [1.82, 2.24) is 18.3 Å². The summed E-state index contributed by atoms with van der Waals surface area (Å²) in [6.45, 7) is 0. The molecule has 21 aromatic rings. The van der Waals surface area contributed by atoms with Crippen LogP contribution in [0.3, 0.4) is 0 Å². The third-order valence-electron chi connectivity index (χ3n) is 19.7. The van der Waals surface area contributed by atoms with E-state index in [4.69, 9.17) is 8.83 Å². The Kier molecular flexibility index (Phi) is 9.94. The molecule has 0 saturated heterocycles. The summed E-state index contributed by atoms with van der Waals surface area (Å²) < 4.78 is 22.8. The maximum absolute atomic E-state index is 6.67. The average Bonchev–Trinajstić information content (AvgIpc) is 1.83. The normalized spacial score (nSPS) is 12.5. The number of benzene rings is 14. The predicted molar refractivity (Wildman–Crippen MR) is 384 cm³/mol. The van der Waals surface area contributed by atoms with E-state index in [1.165, 1.54) is 103 Å². The molecule has 1 atom stereocenters. The highest BCUT2D eigenvalue weighted by atomic mass is 31.0. The summed E-state index contributed by atoms with van der Waals surface area (Å²) >= 11 is 0. The van der Waals surface area contributed by atoms with Crippen molar-refractivity contribution in [2.75, 3.05) is 0 Å². The number of furan rings is 2. The van der Waals surface area contributed by atoms with Gasteiger partial charge in [0.25, 0.3) is 0 Å². The number of nitrogens with zero attached hydrogens (tertiary/aromatic N) is 4. The molecule has 7 heteroatoms. The minimum absolute atomic E-state index is 0.623. The summed E-state index contributed by atoms with van der Waals surface area (Å²) in [5.41, 5.74) is 22.1. The lowest BCUT2D eigenvalue weighted by atomic mass is 10.0. The second-order valence-corrected chi connectivity index (χ2v) is 25.8. The number of fused-ring (bicyclic) bond motifs is 21. The third-order valence-corrected chi connectivity index (χ3v) is 21.1. The van der Waals surface area contributed by atoms with Crippen molar-refractivity contribution in [3.8, 4) is 45.0 Å². The van der Waals surface area contributed by atoms with Crippen LogP contribution in [-0.4, -0.2) is 18.3 Å². The molecule has 7 heterocycles. The van der Waals surface area contributed by atoms with Crippen molar-refractivity contribution in [2.24, 2.45) is 0 Å². The standard InChI is InChI=1S/C84H49N4O2P/c1-7-19-71-57(13-1)58-14-2-8-20-72(58)85(71)53-29-36-80-66(45-53)65-43-51(27-35-79(65)89-80)49-25-33-77-63(41-49)61-17-5-11-23-75(61)87(77)54-30-37-81-67(46-54)68-47-55(31-38-82(68)90-81)88-76-24-12-6-18-62(76)64-42-50(26-34-78(64)88)52-28-39-83-69(44-52)70-48-56(32-40-84(70)91-83)86-73-21-9-3-15-59(73)60-16-4-10-22-74(60)86/h1-48,91H. The second kappa shape index (κ2) is 18.4. The number of rotatable bonds is 6. The third kappa shape index (κ3) is 7.02. The van der Waals surface area contributed by atoms with Gasteiger partial charge in [0.2, 0.25) is 0 Å². The van der Waals surface area contributed by atoms with Crippen molar-refractivity contribution >= 4 is 160 Å². The molecule has 0 bridgehead atoms. The fraction of sp³-hybridized carbons (Fsp3) is 0. The minimum atomic E-state index is 0.623. The molecule has 7 aromatic heterocycles. The Morgan fingerprint density at radius 2 is 0.429 bits per heavy atom. The van der Waals surface area contributed by atoms with E-state index in [2.05, 4.69) is 309 Å². The van der Waals surface area contributed by atoms with E-state index in [1.54, 1.807) is 0 Å². The highest BCUT2D eigenvalue weighted by Gasteiger charge is 2.21. The van der Waals surface area contributed by atoms with Crippen molar-refractivity contribution in [3.05, 3.63) is 291 Å². The lowest BCUT2D eigenvalue weighted by Gasteiger charge is -2.10. The highest BCUT2D eigenvalue weighted by Crippen LogP contribution is 2.45. The van der Waals surface area contributed by atoms with Gasteiger partial charge < -0.3 is 27.1 Å². The number of para-hydroxylation sites is 6. The molecule has 0 aliphatic heterocycles. The second-order valence-electron chi connectivity index (χ2n) is 24.5. The zero-order valence-electron chi connectivity index (χ0n) is 48.8. The van der Waals surface area contributed by atoms with Crippen LogP contribution in [0.4, 0.5) is 0 Å². The monoisotopic (exact) mass is 1180 g/mol. The fourth-order valence-corrected chi connectivity index (χ4v) is 16.9. The summed E-state index contributed by atoms with van der Waals surface area (Å²) in [6, 6.07) is 107. The topological polar surface area (TPSA) is 46.0 Å². The van der Waals surface area contributed by atoms with Gasteiger partial charge in [-0.1, -0.05) is 133 Å². The smallest absolute Gasteiger partial charge is 0.135 e. The average molecular weight is 1180 g/mol. The molecule has 0 spiro atoms. The van der Waals surface area contributed by atoms with E-state index in [-0.39, 0.29) is 0 Å². The predicted octanol–water partition coefficient (Wildman–Crippen LogP) is 23.5. The molecular formula is C84H49N4O2P. The van der Waals surface area contributed by atoms with Gasteiger partial charge in [-0.2, -0.15) is 0 Å². The van der Waals surface area contributed by atoms with Crippen molar-refractivity contribution in [3.63, 3.8) is 0 Å². The molecule has 0 fully saturated rings. The van der Waals surface area contributed by atoms with Gasteiger partial charge in [-0.25, -0.2) is 0 Å². The maximum atomic E-state index is 6.67. The van der Waals surface area contributed by atoms with Gasteiger partial charge in [-0.3, -0.25) is 0 Å². The van der Waals surface area contributed by atoms with Gasteiger partial charge in [-0.15, -0.1) is 8.19 Å². The minimum Gasteiger partial charge on any atom is -0.456 e. The van der Waals surface area contributed by atoms with Gasteiger partial charge in [0.05, 0.1) is 44.1 Å². The Morgan fingerprint density at radius 3 is 0.813 bits per heavy atom. The van der Waals surface area contributed by atoms with Crippen LogP contribution in [0, 0.1) is 0 Å². The van der Waals surface area contributed by atoms with E-state index in [1.807, 2.05) is 0 Å². The van der Waals surface area contributed by atoms with Crippen LogP contribution < -0.4 is 0 Å². The van der Waals surface area contributed by atoms with Crippen LogP contribution in [0.25, 0.3) is 197 Å². The largest absolute Gasteiger partial charge is 0.456 e. The molecule has 0 aliphatic rings. The van der Waals surface area contributed by atoms with E-state index in [0.717, 1.165) is 94.1 Å². The number of hydrogen-bond donors (Lipinski definition) is 0. The number of hydrogen-bond acceptors (Lipinski definition) is 2. The summed E-state index contributed by atoms with van der Waals surface area (Å²) in [5.74, 6) is 0. The summed E-state index contributed by atoms with van der Waals surface area (Å²) in [7, 11) is 0.623. The Morgan fingerprint density at radius 1 is 0.187 bits per heavy atom. The molecule has 0 amide bonds. The fourth-order valence-electron chi connectivity index (χ4n) is 15.6. The Balaban J connectivity index is 0.649. The van der Waals surface area contributed by atoms with Gasteiger partial charge in [-0.05, 0) is 201 Å². The van der Waals surface area contributed by atoms with E-state index >= 15 is 0 Å². The molecule has 0 N–H and O–H groups in total. The molecule has 422 valence electrons. The lowest BCUT2D eigenvalue weighted by Crippen LogP contribution is -1.94. The van der Waals surface area contributed by atoms with Crippen molar-refractivity contribution in [1.29, 1.82) is 0 Å². The van der Waals surface area contributed by atoms with Crippen molar-refractivity contribution in [2.45, 2.75) is 0 Å². The van der Waals surface area contributed by atoms with Crippen LogP contribution in [-0.2, 0) is 0 Å². The zero-order valence-corrected chi connectivity index (χ0v) is 49.8. The van der Waals surface area contributed by atoms with E-state index in [9.17, 15) is 0 Å². The van der Waals surface area contributed by atoms with E-state index in [0.29, 0.717) is 8.19 Å². The Labute approximate surface area is 520 Å². The van der Waals surface area contributed by atoms with Crippen LogP contribution >= 0.6 is 8.19 Å². The SMILES string of the molecule is c1ccc2c(c1)c1ccccc1n2-c1ccc2oc3ccc(-c4ccc5c(c4)c4ccccc4n5-c4ccc5oc6ccc(-n7c8ccccc8c8cc(-c9ccc%10[pH]c%11ccc(-n%12c%13ccccc%13c%13ccccc%13%12)cc%11c%10c9)ccc87)cc6c5c4)cc3c2c1. The first-order valence-corrected chi connectivity index (χ1v) is 32.1. The summed E-state index contributed by atoms with van der Waals surface area (Å²) in [4.78, 5) is 0. The van der Waals surface area contributed by atoms with Crippen LogP contribution in [0.1, 0.15) is 0 Å². The number of aromatic nitrogens is 4. The molecule has 0 aliphatic carbocycles. The summed E-state index contributed by atoms with van der Waals surface area (Å²) in [5, 5.41) is 19.7. The Bertz CT molecular complexity index is 6220. The first kappa shape index (κ1) is 49.2. The Hall–Kier alpha value is -11.8. The quantitative estimate of drug-likeness (QED) is 0.167. The summed E-state index contributed by atoms with van der Waals surface area (Å²) in [6.07, 6.45) is 0. The molecule has 21 rings (SSSR count). The van der Waals surface area contributed by atoms with Gasteiger partial charge in [0.15, 0.2) is 0 Å². The van der Waals surface area contributed by atoms with Gasteiger partial charge in [0, 0.05) is 87.4 Å². The van der Waals surface area contributed by atoms with Crippen LogP contribution in [0.5, 0.6) is 0 Å². The van der Waals surface area contributed by atoms with Gasteiger partial charge in [0.1, 0.15) is 22.3 Å². The molecular weight excluding hydrogens is 1130 g/mol. The molecule has 0 saturated carbocycles. The molecule has 1 unspecified atom stereocenters. The molecule has 91 heavy (non-hydrogen) atoms. The van der Waals surface area contributed by atoms with Crippen LogP contribution in [0.15, 0.2) is 300 Å². The van der Waals surface area contributed by atoms with Gasteiger partial charge >= 0.3 is 0 Å². The molecule has 0 radical (unpaired) electrons. The first-order valence-electron chi connectivity index (χ1n) is 31.1.